The zero-order valence-electron chi connectivity index (χ0n) is 13.6. The minimum atomic E-state index is -0.439. The number of hydrogen-bond acceptors (Lipinski definition) is 6. The molecule has 23 heavy (non-hydrogen) atoms. The summed E-state index contributed by atoms with van der Waals surface area (Å²) in [7, 11) is 0. The molecule has 126 valence electrons. The van der Waals surface area contributed by atoms with Gasteiger partial charge in [-0.2, -0.15) is 0 Å². The number of thiophene rings is 1. The van der Waals surface area contributed by atoms with Gasteiger partial charge in [0.1, 0.15) is 5.76 Å². The fourth-order valence-electron chi connectivity index (χ4n) is 3.03. The van der Waals surface area contributed by atoms with E-state index < -0.39 is 6.10 Å². The minimum absolute atomic E-state index is 0.192. The average molecular weight is 336 g/mol. The second-order valence-electron chi connectivity index (χ2n) is 6.28. The molecule has 1 aliphatic rings. The number of ether oxygens (including phenoxy) is 1. The van der Waals surface area contributed by atoms with Crippen LogP contribution in [0.2, 0.25) is 0 Å². The van der Waals surface area contributed by atoms with E-state index in [0.29, 0.717) is 18.9 Å². The molecule has 0 aromatic carbocycles. The van der Waals surface area contributed by atoms with Crippen LogP contribution in [-0.2, 0) is 11.3 Å². The van der Waals surface area contributed by atoms with Crippen molar-refractivity contribution in [2.75, 3.05) is 19.8 Å². The van der Waals surface area contributed by atoms with E-state index in [1.54, 1.807) is 11.3 Å². The fraction of sp³-hybridized carbons (Fsp3) is 0.588. The molecule has 6 heteroatoms. The summed E-state index contributed by atoms with van der Waals surface area (Å²) in [6.07, 6.45) is 1.77. The monoisotopic (exact) mass is 336 g/mol. The van der Waals surface area contributed by atoms with Crippen LogP contribution in [0, 0.1) is 0 Å². The highest BCUT2D eigenvalue weighted by atomic mass is 32.1. The van der Waals surface area contributed by atoms with Crippen LogP contribution in [0.15, 0.2) is 28.3 Å². The van der Waals surface area contributed by atoms with E-state index in [4.69, 9.17) is 9.15 Å². The zero-order valence-corrected chi connectivity index (χ0v) is 14.5. The van der Waals surface area contributed by atoms with Gasteiger partial charge in [-0.3, -0.25) is 4.90 Å². The van der Waals surface area contributed by atoms with Crippen LogP contribution in [0.1, 0.15) is 48.6 Å². The average Bonchev–Trinajstić information content (AvgIpc) is 3.20. The van der Waals surface area contributed by atoms with Gasteiger partial charge in [-0.1, -0.05) is 19.9 Å². The van der Waals surface area contributed by atoms with Crippen LogP contribution in [0.5, 0.6) is 0 Å². The number of oxazole rings is 1. The molecule has 2 unspecified atom stereocenters. The maximum Gasteiger partial charge on any atom is 0.181 e. The topological polar surface area (TPSA) is 58.7 Å². The van der Waals surface area contributed by atoms with E-state index in [2.05, 4.69) is 23.7 Å². The van der Waals surface area contributed by atoms with Crippen molar-refractivity contribution in [1.29, 1.82) is 0 Å². The van der Waals surface area contributed by atoms with Crippen molar-refractivity contribution in [2.45, 2.75) is 44.9 Å². The summed E-state index contributed by atoms with van der Waals surface area (Å²) >= 11 is 1.60. The molecular weight excluding hydrogens is 312 g/mol. The molecule has 1 saturated heterocycles. The van der Waals surface area contributed by atoms with Crippen molar-refractivity contribution >= 4 is 11.3 Å². The molecule has 0 aliphatic carbocycles. The zero-order chi connectivity index (χ0) is 16.2. The minimum Gasteiger partial charge on any atom is -0.448 e. The highest BCUT2D eigenvalue weighted by Crippen LogP contribution is 2.27. The molecule has 3 rings (SSSR count). The van der Waals surface area contributed by atoms with E-state index in [1.165, 1.54) is 6.39 Å². The Labute approximate surface area is 140 Å². The molecule has 0 radical (unpaired) electrons. The van der Waals surface area contributed by atoms with Crippen LogP contribution in [0.4, 0.5) is 0 Å². The van der Waals surface area contributed by atoms with E-state index in [9.17, 15) is 5.11 Å². The largest absolute Gasteiger partial charge is 0.448 e. The van der Waals surface area contributed by atoms with Crippen LogP contribution in [-0.4, -0.2) is 40.8 Å². The van der Waals surface area contributed by atoms with Crippen molar-refractivity contribution in [3.05, 3.63) is 40.2 Å². The normalized spacial score (nSPS) is 21.0. The number of nitrogens with zero attached hydrogens (tertiary/aromatic N) is 2. The Morgan fingerprint density at radius 1 is 1.48 bits per heavy atom. The van der Waals surface area contributed by atoms with E-state index in [0.717, 1.165) is 36.0 Å². The molecule has 0 spiro atoms. The van der Waals surface area contributed by atoms with E-state index >= 15 is 0 Å². The molecule has 2 aromatic rings. The number of morpholine rings is 1. The molecule has 0 bridgehead atoms. The lowest BCUT2D eigenvalue weighted by Gasteiger charge is -2.36. The Morgan fingerprint density at radius 2 is 2.35 bits per heavy atom. The quantitative estimate of drug-likeness (QED) is 0.878. The van der Waals surface area contributed by atoms with Crippen molar-refractivity contribution in [3.63, 3.8) is 0 Å². The number of aliphatic hydroxyl groups excluding tert-OH is 1. The Morgan fingerprint density at radius 3 is 3.09 bits per heavy atom. The van der Waals surface area contributed by atoms with Crippen LogP contribution in [0.25, 0.3) is 0 Å². The summed E-state index contributed by atoms with van der Waals surface area (Å²) in [6.45, 7) is 7.20. The smallest absolute Gasteiger partial charge is 0.181 e. The first-order valence-corrected chi connectivity index (χ1v) is 8.98. The Balaban J connectivity index is 1.67. The first kappa shape index (κ1) is 16.6. The third-order valence-corrected chi connectivity index (χ3v) is 5.24. The standard InChI is InChI=1S/C17H24N2O3S/c1-12(2)17-14(18-11-22-17)9-19-5-6-21-10-13(19)8-15(20)16-4-3-7-23-16/h3-4,7,11-13,15,20H,5-6,8-10H2,1-2H3. The van der Waals surface area contributed by atoms with Crippen LogP contribution >= 0.6 is 11.3 Å². The first-order valence-electron chi connectivity index (χ1n) is 8.10. The SMILES string of the molecule is CC(C)c1ocnc1CN1CCOCC1CC(O)c1cccs1. The second-order valence-corrected chi connectivity index (χ2v) is 7.26. The fourth-order valence-corrected chi connectivity index (χ4v) is 3.75. The van der Waals surface area contributed by atoms with Crippen molar-refractivity contribution in [3.8, 4) is 0 Å². The molecule has 1 aliphatic heterocycles. The molecule has 1 fully saturated rings. The Bertz CT molecular complexity index is 597. The number of rotatable bonds is 6. The lowest BCUT2D eigenvalue weighted by atomic mass is 10.0. The van der Waals surface area contributed by atoms with Gasteiger partial charge in [0.25, 0.3) is 0 Å². The highest BCUT2D eigenvalue weighted by Gasteiger charge is 2.28. The maximum absolute atomic E-state index is 10.4. The molecule has 0 saturated carbocycles. The van der Waals surface area contributed by atoms with Gasteiger partial charge in [0.2, 0.25) is 0 Å². The number of aliphatic hydroxyl groups is 1. The molecular formula is C17H24N2O3S. The molecule has 5 nitrogen and oxygen atoms in total. The third kappa shape index (κ3) is 4.01. The van der Waals surface area contributed by atoms with Crippen molar-refractivity contribution in [2.24, 2.45) is 0 Å². The molecule has 0 amide bonds. The summed E-state index contributed by atoms with van der Waals surface area (Å²) in [5, 5.41) is 12.4. The molecule has 2 atom stereocenters. The second kappa shape index (κ2) is 7.57. The van der Waals surface area contributed by atoms with E-state index in [1.807, 2.05) is 17.5 Å². The van der Waals surface area contributed by atoms with Gasteiger partial charge in [-0.05, 0) is 17.9 Å². The summed E-state index contributed by atoms with van der Waals surface area (Å²) in [5.74, 6) is 1.28. The van der Waals surface area contributed by atoms with Gasteiger partial charge in [-0.25, -0.2) is 4.98 Å². The Kier molecular flexibility index (Phi) is 5.48. The predicted molar refractivity (Wildman–Crippen MR) is 89.5 cm³/mol. The predicted octanol–water partition coefficient (Wildman–Crippen LogP) is 3.18. The number of hydrogen-bond donors (Lipinski definition) is 1. The van der Waals surface area contributed by atoms with Crippen LogP contribution < -0.4 is 0 Å². The van der Waals surface area contributed by atoms with Gasteiger partial charge in [0, 0.05) is 29.9 Å². The summed E-state index contributed by atoms with van der Waals surface area (Å²) in [5.41, 5.74) is 0.998. The summed E-state index contributed by atoms with van der Waals surface area (Å²) in [4.78, 5) is 7.75. The van der Waals surface area contributed by atoms with Crippen molar-refractivity contribution in [1.82, 2.24) is 9.88 Å². The lowest BCUT2D eigenvalue weighted by molar-refractivity contribution is -0.0302. The Hall–Kier alpha value is -1.21. The summed E-state index contributed by atoms with van der Waals surface area (Å²) in [6, 6.07) is 4.15. The van der Waals surface area contributed by atoms with E-state index in [-0.39, 0.29) is 6.04 Å². The third-order valence-electron chi connectivity index (χ3n) is 4.27. The van der Waals surface area contributed by atoms with Gasteiger partial charge >= 0.3 is 0 Å². The molecule has 1 N–H and O–H groups in total. The van der Waals surface area contributed by atoms with Gasteiger partial charge < -0.3 is 14.3 Å². The summed E-state index contributed by atoms with van der Waals surface area (Å²) < 4.78 is 11.2. The number of aromatic nitrogens is 1. The van der Waals surface area contributed by atoms with Gasteiger partial charge in [0.15, 0.2) is 6.39 Å². The van der Waals surface area contributed by atoms with Crippen molar-refractivity contribution < 1.29 is 14.3 Å². The maximum atomic E-state index is 10.4. The lowest BCUT2D eigenvalue weighted by Crippen LogP contribution is -2.45. The molecule has 2 aromatic heterocycles. The molecule has 3 heterocycles. The van der Waals surface area contributed by atoms with Gasteiger partial charge in [-0.15, -0.1) is 11.3 Å². The van der Waals surface area contributed by atoms with Crippen LogP contribution in [0.3, 0.4) is 0 Å². The highest BCUT2D eigenvalue weighted by molar-refractivity contribution is 7.10. The first-order chi connectivity index (χ1) is 11.1. The van der Waals surface area contributed by atoms with Gasteiger partial charge in [0.05, 0.1) is 25.0 Å².